The van der Waals surface area contributed by atoms with Crippen molar-refractivity contribution in [1.82, 2.24) is 0 Å². The molecule has 0 fully saturated rings. The molecule has 0 heterocycles. The second kappa shape index (κ2) is 43.6. The van der Waals surface area contributed by atoms with Gasteiger partial charge in [-0.1, -0.05) is 516 Å². The van der Waals surface area contributed by atoms with Crippen molar-refractivity contribution < 1.29 is 0 Å². The van der Waals surface area contributed by atoms with Crippen molar-refractivity contribution >= 4 is 46.3 Å². The Morgan fingerprint density at radius 2 is 0.424 bits per heavy atom. The second-order valence-corrected chi connectivity index (χ2v) is 41.7. The minimum absolute atomic E-state index is 0.0831. The summed E-state index contributed by atoms with van der Waals surface area (Å²) >= 11 is 0. The Hall–Kier alpha value is -14.2. The van der Waals surface area contributed by atoms with Gasteiger partial charge in [-0.2, -0.15) is 0 Å². The maximum Gasteiger partial charge on any atom is 0.0713 e. The van der Waals surface area contributed by atoms with Crippen LogP contribution in [0.15, 0.2) is 414 Å². The predicted molar refractivity (Wildman–Crippen MR) is 617 cm³/mol. The number of rotatable bonds is 44. The molecular weight excluding hydrogens is 1730 g/mol. The van der Waals surface area contributed by atoms with E-state index in [2.05, 4.69) is 451 Å². The highest BCUT2D eigenvalue weighted by Crippen LogP contribution is 2.65. The van der Waals surface area contributed by atoms with Gasteiger partial charge in [0.05, 0.1) is 10.8 Å². The average molecular weight is 1870 g/mol. The molecule has 17 aromatic carbocycles. The van der Waals surface area contributed by atoms with Gasteiger partial charge in [0.1, 0.15) is 0 Å². The lowest BCUT2D eigenvalue weighted by Crippen LogP contribution is -2.31. The molecule has 0 unspecified atom stereocenters. The van der Waals surface area contributed by atoms with Crippen molar-refractivity contribution in [2.75, 3.05) is 9.80 Å². The van der Waals surface area contributed by atoms with Gasteiger partial charge in [0.2, 0.25) is 0 Å². The van der Waals surface area contributed by atoms with Crippen LogP contribution in [0.2, 0.25) is 0 Å². The number of fused-ring (bicyclic) bond motifs is 12. The first-order valence-corrected chi connectivity index (χ1v) is 54.8. The second-order valence-electron chi connectivity index (χ2n) is 41.7. The first kappa shape index (κ1) is 96.0. The van der Waals surface area contributed by atoms with Gasteiger partial charge in [0, 0.05) is 45.0 Å². The molecular formula is C142H140N2. The Morgan fingerprint density at radius 3 is 0.722 bits per heavy atom. The molecule has 0 atom stereocenters. The van der Waals surface area contributed by atoms with Crippen LogP contribution < -0.4 is 9.80 Å². The molecule has 0 bridgehead atoms. The van der Waals surface area contributed by atoms with E-state index in [-0.39, 0.29) is 10.8 Å². The number of hydrogen-bond donors (Lipinski definition) is 0. The minimum atomic E-state index is -0.711. The Bertz CT molecular complexity index is 6740. The van der Waals surface area contributed by atoms with E-state index in [1.807, 2.05) is 12.2 Å². The summed E-state index contributed by atoms with van der Waals surface area (Å²) in [7, 11) is 0. The zero-order valence-corrected chi connectivity index (χ0v) is 85.4. The van der Waals surface area contributed by atoms with Gasteiger partial charge in [-0.3, -0.25) is 0 Å². The van der Waals surface area contributed by atoms with E-state index in [1.54, 1.807) is 0 Å². The SMILES string of the molecule is C=Cc1ccc(-c2ccc(N(c3ccc(-c4ccc5c(c4)-c4cc6c(cc4C5(c4ccccc4)c4ccccc4)C(c4ccccc4)(c4ccccc4)c4ccc(-c5ccc(N(c7ccc(-c8ccc(C=C)cc8)cc7)c7ccc8c(c7)C(CCCCCCCC)(CCCCCCCC)c7ccccc7-8)cc5)cc4-6)cc3)c3ccc4c(c3)C(CCCCCCCC)(CCCCCCCC)c3ccccc3-4)cc2)cc1. The van der Waals surface area contributed by atoms with Gasteiger partial charge in [0.15, 0.2) is 0 Å². The molecule has 0 N–H and O–H groups in total. The number of nitrogens with zero attached hydrogens (tertiary/aromatic N) is 2. The van der Waals surface area contributed by atoms with Crippen LogP contribution in [0.25, 0.3) is 101 Å². The zero-order chi connectivity index (χ0) is 97.8. The summed E-state index contributed by atoms with van der Waals surface area (Å²) in [5, 5.41) is 0. The molecule has 144 heavy (non-hydrogen) atoms. The van der Waals surface area contributed by atoms with Crippen molar-refractivity contribution in [3.8, 4) is 89.0 Å². The van der Waals surface area contributed by atoms with Gasteiger partial charge in [-0.25, -0.2) is 0 Å². The molecule has 17 aromatic rings. The first-order valence-electron chi connectivity index (χ1n) is 54.8. The third kappa shape index (κ3) is 18.2. The predicted octanol–water partition coefficient (Wildman–Crippen LogP) is 40.8. The quantitative estimate of drug-likeness (QED) is 0.0351. The Morgan fingerprint density at radius 1 is 0.181 bits per heavy atom. The lowest BCUT2D eigenvalue weighted by molar-refractivity contribution is 0.398. The van der Waals surface area contributed by atoms with Gasteiger partial charge < -0.3 is 9.80 Å². The van der Waals surface area contributed by atoms with E-state index in [4.69, 9.17) is 0 Å². The first-order chi connectivity index (χ1) is 71.1. The lowest BCUT2D eigenvalue weighted by atomic mass is 9.64. The van der Waals surface area contributed by atoms with E-state index in [9.17, 15) is 0 Å². The fourth-order valence-corrected chi connectivity index (χ4v) is 25.9. The molecule has 0 spiro atoms. The van der Waals surface area contributed by atoms with E-state index in [0.29, 0.717) is 0 Å². The molecule has 0 amide bonds. The standard InChI is InChI=1S/C142H140N2/c1-7-13-17-21-25-45-93-139(94-46-26-22-18-14-8-2)131-59-43-41-57-123(131)125-89-87-121(99-135(125)139)143(117-79-69-107(70-80-117)105-65-61-103(11-5)62-66-105)119-83-73-109(74-84-119)111-77-91-133-127(97-111)129-101-130-128-98-112(78-92-134(128)142(115-53-37-31-38-54-115,116-55-39-32-40-56-116)138(130)102-137(129)141(133,113-49-33-29-34-50-113)114-51-35-30-36-52-114)110-75-85-120(86-76-110)144(118-81-71-108(72-82-118)106-67-63-104(12-6)64-68-106)122-88-90-126-124-58-42-44-60-132(124)140(136(126)100-122,95-47-27-23-19-15-9-3)96-48-28-24-20-16-10-4/h11-12,29-44,49-92,97-102H,5-10,13-28,45-48,93-96H2,1-4H3. The third-order valence-electron chi connectivity index (χ3n) is 33.2. The summed E-state index contributed by atoms with van der Waals surface area (Å²) in [6.07, 6.45) is 39.2. The Balaban J connectivity index is 0.696. The van der Waals surface area contributed by atoms with Crippen LogP contribution >= 0.6 is 0 Å². The fraction of sp³-hybridized carbons (Fsp3) is 0.254. The summed E-state index contributed by atoms with van der Waals surface area (Å²) < 4.78 is 0. The molecule has 2 nitrogen and oxygen atoms in total. The van der Waals surface area contributed by atoms with Crippen LogP contribution in [-0.4, -0.2) is 0 Å². The molecule has 0 saturated heterocycles. The molecule has 0 radical (unpaired) electrons. The zero-order valence-electron chi connectivity index (χ0n) is 85.4. The van der Waals surface area contributed by atoms with Crippen LogP contribution in [-0.2, 0) is 21.7 Å². The van der Waals surface area contributed by atoms with Crippen molar-refractivity contribution in [3.05, 3.63) is 491 Å². The summed E-state index contributed by atoms with van der Waals surface area (Å²) in [5.41, 5.74) is 43.7. The van der Waals surface area contributed by atoms with Crippen LogP contribution in [0.1, 0.15) is 285 Å². The average Bonchev–Trinajstić information content (AvgIpc) is 1.51. The normalized spacial score (nSPS) is 13.6. The van der Waals surface area contributed by atoms with Crippen LogP contribution in [0.4, 0.5) is 34.1 Å². The van der Waals surface area contributed by atoms with Crippen molar-refractivity contribution in [1.29, 1.82) is 0 Å². The number of anilines is 6. The Labute approximate surface area is 859 Å². The highest BCUT2D eigenvalue weighted by molar-refractivity contribution is 5.98. The number of unbranched alkanes of at least 4 members (excludes halogenated alkanes) is 20. The summed E-state index contributed by atoms with van der Waals surface area (Å²) in [6, 6.07) is 156. The van der Waals surface area contributed by atoms with Crippen LogP contribution in [0, 0.1) is 0 Å². The van der Waals surface area contributed by atoms with Gasteiger partial charge in [-0.05, 0) is 284 Å². The molecule has 0 aromatic heterocycles. The van der Waals surface area contributed by atoms with E-state index in [1.165, 1.54) is 321 Å². The lowest BCUT2D eigenvalue weighted by Gasteiger charge is -2.37. The maximum atomic E-state index is 4.08. The molecule has 0 saturated carbocycles. The van der Waals surface area contributed by atoms with Crippen molar-refractivity contribution in [2.45, 2.75) is 229 Å². The fourth-order valence-electron chi connectivity index (χ4n) is 25.9. The molecule has 21 rings (SSSR count). The summed E-state index contributed by atoms with van der Waals surface area (Å²) in [4.78, 5) is 5.08. The van der Waals surface area contributed by atoms with Crippen LogP contribution in [0.3, 0.4) is 0 Å². The largest absolute Gasteiger partial charge is 0.310 e. The van der Waals surface area contributed by atoms with Gasteiger partial charge >= 0.3 is 0 Å². The van der Waals surface area contributed by atoms with Gasteiger partial charge in [0.25, 0.3) is 0 Å². The monoisotopic (exact) mass is 1870 g/mol. The maximum absolute atomic E-state index is 4.08. The number of hydrogen-bond acceptors (Lipinski definition) is 2. The van der Waals surface area contributed by atoms with Gasteiger partial charge in [-0.15, -0.1) is 0 Å². The van der Waals surface area contributed by atoms with E-state index in [0.717, 1.165) is 59.6 Å². The highest BCUT2D eigenvalue weighted by atomic mass is 15.1. The summed E-state index contributed by atoms with van der Waals surface area (Å²) in [5.74, 6) is 0. The smallest absolute Gasteiger partial charge is 0.0713 e. The van der Waals surface area contributed by atoms with Crippen LogP contribution in [0.5, 0.6) is 0 Å². The molecule has 4 aliphatic carbocycles. The van der Waals surface area contributed by atoms with E-state index >= 15 is 0 Å². The topological polar surface area (TPSA) is 6.48 Å². The van der Waals surface area contributed by atoms with E-state index < -0.39 is 10.8 Å². The molecule has 0 aliphatic heterocycles. The Kier molecular flexibility index (Phi) is 29.0. The molecule has 2 heteroatoms. The third-order valence-corrected chi connectivity index (χ3v) is 33.2. The number of benzene rings is 17. The minimum Gasteiger partial charge on any atom is -0.310 e. The molecule has 4 aliphatic rings. The van der Waals surface area contributed by atoms with Crippen molar-refractivity contribution in [3.63, 3.8) is 0 Å². The van der Waals surface area contributed by atoms with Crippen molar-refractivity contribution in [2.24, 2.45) is 0 Å². The summed E-state index contributed by atoms with van der Waals surface area (Å²) in [6.45, 7) is 17.5. The molecule has 718 valence electrons. The highest BCUT2D eigenvalue weighted by Gasteiger charge is 2.53.